The molecule has 1 amide bonds. The Balaban J connectivity index is 1.46. The number of hydrogen-bond acceptors (Lipinski definition) is 3. The average Bonchev–Trinajstić information content (AvgIpc) is 3.23. The van der Waals surface area contributed by atoms with Crippen molar-refractivity contribution in [2.75, 3.05) is 13.6 Å². The lowest BCUT2D eigenvalue weighted by Crippen LogP contribution is -2.57. The van der Waals surface area contributed by atoms with Crippen LogP contribution >= 0.6 is 0 Å². The highest BCUT2D eigenvalue weighted by atomic mass is 19.1. The Kier molecular flexibility index (Phi) is 3.69. The quantitative estimate of drug-likeness (QED) is 0.885. The second kappa shape index (κ2) is 5.89. The fourth-order valence-electron chi connectivity index (χ4n) is 5.91. The molecule has 2 aromatic rings. The van der Waals surface area contributed by atoms with Crippen molar-refractivity contribution < 1.29 is 9.18 Å². The van der Waals surface area contributed by atoms with Crippen LogP contribution in [0.25, 0.3) is 11.3 Å². The number of H-pyrrole nitrogens is 1. The number of hydrogen-bond donors (Lipinski definition) is 1. The van der Waals surface area contributed by atoms with Gasteiger partial charge >= 0.3 is 0 Å². The van der Waals surface area contributed by atoms with Crippen LogP contribution < -0.4 is 0 Å². The van der Waals surface area contributed by atoms with Gasteiger partial charge in [-0.2, -0.15) is 5.10 Å². The Morgan fingerprint density at radius 2 is 2.07 bits per heavy atom. The SMILES string of the molecule is CN1[C@@H]2CN(C(=O)c3cc(-c4ccccc4F)n[nH]3)[C@@H]3CCC[C@H]1[C@]3(C)C2. The van der Waals surface area contributed by atoms with Gasteiger partial charge in [-0.15, -0.1) is 0 Å². The van der Waals surface area contributed by atoms with Crippen LogP contribution in [-0.2, 0) is 0 Å². The molecule has 1 saturated carbocycles. The molecule has 3 heterocycles. The summed E-state index contributed by atoms with van der Waals surface area (Å²) in [5.41, 5.74) is 1.50. The molecule has 2 saturated heterocycles. The number of carbonyl (C=O) groups excluding carboxylic acids is 1. The van der Waals surface area contributed by atoms with Crippen LogP contribution in [0, 0.1) is 11.2 Å². The molecule has 3 aliphatic rings. The van der Waals surface area contributed by atoms with Crippen molar-refractivity contribution in [3.05, 3.63) is 41.8 Å². The van der Waals surface area contributed by atoms with Crippen molar-refractivity contribution >= 4 is 5.91 Å². The number of piperidine rings is 1. The molecule has 27 heavy (non-hydrogen) atoms. The Morgan fingerprint density at radius 3 is 2.89 bits per heavy atom. The molecule has 2 bridgehead atoms. The number of aromatic nitrogens is 2. The van der Waals surface area contributed by atoms with Gasteiger partial charge in [0.1, 0.15) is 11.5 Å². The lowest BCUT2D eigenvalue weighted by atomic mass is 9.66. The van der Waals surface area contributed by atoms with Crippen LogP contribution in [0.2, 0.25) is 0 Å². The third kappa shape index (κ3) is 2.39. The summed E-state index contributed by atoms with van der Waals surface area (Å²) in [5, 5.41) is 7.06. The molecule has 0 spiro atoms. The van der Waals surface area contributed by atoms with E-state index in [1.54, 1.807) is 24.3 Å². The number of benzene rings is 1. The van der Waals surface area contributed by atoms with Crippen molar-refractivity contribution in [3.8, 4) is 11.3 Å². The molecule has 5 rings (SSSR count). The highest BCUT2D eigenvalue weighted by Crippen LogP contribution is 2.53. The molecule has 1 aromatic carbocycles. The van der Waals surface area contributed by atoms with E-state index in [4.69, 9.17) is 0 Å². The molecule has 4 atom stereocenters. The number of nitrogens with zero attached hydrogens (tertiary/aromatic N) is 3. The van der Waals surface area contributed by atoms with Crippen LogP contribution in [0.5, 0.6) is 0 Å². The fraction of sp³-hybridized carbons (Fsp3) is 0.524. The minimum Gasteiger partial charge on any atom is -0.332 e. The standard InChI is InChI=1S/C21H25FN4O/c1-21-11-13-12-26(19(21)9-5-8-18(21)25(13)2)20(27)17-10-16(23-24-17)14-6-3-4-7-15(14)22/h3-4,6-7,10,13,18-19H,5,8-9,11-12H2,1-2H3,(H,23,24)/t13-,18-,19+,21-/m0/s1. The number of likely N-dealkylation sites (tertiary alicyclic amines) is 2. The zero-order valence-electron chi connectivity index (χ0n) is 15.8. The van der Waals surface area contributed by atoms with E-state index in [1.165, 1.54) is 18.9 Å². The molecule has 1 aromatic heterocycles. The molecule has 0 radical (unpaired) electrons. The van der Waals surface area contributed by atoms with Crippen molar-refractivity contribution in [1.82, 2.24) is 20.0 Å². The van der Waals surface area contributed by atoms with E-state index in [2.05, 4.69) is 34.0 Å². The van der Waals surface area contributed by atoms with Crippen molar-refractivity contribution in [3.63, 3.8) is 0 Å². The summed E-state index contributed by atoms with van der Waals surface area (Å²) in [7, 11) is 2.21. The van der Waals surface area contributed by atoms with E-state index in [0.29, 0.717) is 29.0 Å². The number of carbonyl (C=O) groups is 1. The first-order chi connectivity index (χ1) is 13.0. The molecular formula is C21H25FN4O. The number of likely N-dealkylation sites (N-methyl/N-ethyl adjacent to an activating group) is 1. The average molecular weight is 368 g/mol. The molecule has 6 heteroatoms. The number of halogens is 1. The van der Waals surface area contributed by atoms with Gasteiger partial charge in [-0.25, -0.2) is 4.39 Å². The number of nitrogens with one attached hydrogen (secondary N) is 1. The number of rotatable bonds is 2. The van der Waals surface area contributed by atoms with Gasteiger partial charge < -0.3 is 4.90 Å². The zero-order chi connectivity index (χ0) is 18.8. The van der Waals surface area contributed by atoms with Gasteiger partial charge in [0, 0.05) is 35.6 Å². The Labute approximate surface area is 158 Å². The molecule has 1 N–H and O–H groups in total. The van der Waals surface area contributed by atoms with Crippen LogP contribution in [0.15, 0.2) is 30.3 Å². The van der Waals surface area contributed by atoms with Gasteiger partial charge in [0.2, 0.25) is 0 Å². The minimum absolute atomic E-state index is 0.0121. The van der Waals surface area contributed by atoms with Gasteiger partial charge in [0.25, 0.3) is 5.91 Å². The number of fused-ring (bicyclic) bond motifs is 1. The first-order valence-electron chi connectivity index (χ1n) is 9.82. The Hall–Kier alpha value is -2.21. The van der Waals surface area contributed by atoms with Gasteiger partial charge in [-0.1, -0.05) is 19.1 Å². The van der Waals surface area contributed by atoms with Crippen LogP contribution in [0.1, 0.15) is 43.1 Å². The van der Waals surface area contributed by atoms with E-state index < -0.39 is 0 Å². The minimum atomic E-state index is -0.330. The van der Waals surface area contributed by atoms with E-state index >= 15 is 0 Å². The summed E-state index contributed by atoms with van der Waals surface area (Å²) < 4.78 is 14.1. The highest BCUT2D eigenvalue weighted by Gasteiger charge is 2.59. The van der Waals surface area contributed by atoms with Gasteiger partial charge in [-0.05, 0) is 50.9 Å². The van der Waals surface area contributed by atoms with Gasteiger partial charge in [-0.3, -0.25) is 14.8 Å². The van der Waals surface area contributed by atoms with E-state index in [0.717, 1.165) is 19.4 Å². The first kappa shape index (κ1) is 16.9. The van der Waals surface area contributed by atoms with Gasteiger partial charge in [0.15, 0.2) is 0 Å². The molecule has 0 unspecified atom stereocenters. The zero-order valence-corrected chi connectivity index (χ0v) is 15.8. The van der Waals surface area contributed by atoms with E-state index in [1.807, 2.05) is 0 Å². The molecule has 142 valence electrons. The number of aromatic amines is 1. The topological polar surface area (TPSA) is 52.2 Å². The maximum Gasteiger partial charge on any atom is 0.272 e. The van der Waals surface area contributed by atoms with Crippen LogP contribution in [0.3, 0.4) is 0 Å². The van der Waals surface area contributed by atoms with Crippen molar-refractivity contribution in [2.24, 2.45) is 5.41 Å². The summed E-state index contributed by atoms with van der Waals surface area (Å²) in [6, 6.07) is 9.46. The normalized spacial score (nSPS) is 32.7. The Morgan fingerprint density at radius 1 is 1.30 bits per heavy atom. The summed E-state index contributed by atoms with van der Waals surface area (Å²) >= 11 is 0. The fourth-order valence-corrected chi connectivity index (χ4v) is 5.91. The van der Waals surface area contributed by atoms with E-state index in [9.17, 15) is 9.18 Å². The monoisotopic (exact) mass is 368 g/mol. The van der Waals surface area contributed by atoms with Crippen molar-refractivity contribution in [2.45, 2.75) is 50.7 Å². The smallest absolute Gasteiger partial charge is 0.272 e. The molecular weight excluding hydrogens is 343 g/mol. The van der Waals surface area contributed by atoms with E-state index in [-0.39, 0.29) is 23.2 Å². The largest absolute Gasteiger partial charge is 0.332 e. The summed E-state index contributed by atoms with van der Waals surface area (Å²) in [6.45, 7) is 3.12. The molecule has 1 aliphatic carbocycles. The van der Waals surface area contributed by atoms with Crippen LogP contribution in [0.4, 0.5) is 4.39 Å². The third-order valence-corrected chi connectivity index (χ3v) is 7.22. The number of amides is 1. The molecule has 5 nitrogen and oxygen atoms in total. The maximum atomic E-state index is 14.1. The first-order valence-corrected chi connectivity index (χ1v) is 9.82. The van der Waals surface area contributed by atoms with Gasteiger partial charge in [0.05, 0.1) is 5.69 Å². The highest BCUT2D eigenvalue weighted by molar-refractivity contribution is 5.94. The molecule has 3 fully saturated rings. The third-order valence-electron chi connectivity index (χ3n) is 7.22. The van der Waals surface area contributed by atoms with Crippen molar-refractivity contribution in [1.29, 1.82) is 0 Å². The Bertz CT molecular complexity index is 896. The predicted octanol–water partition coefficient (Wildman–Crippen LogP) is 3.30. The second-order valence-electron chi connectivity index (χ2n) is 8.60. The molecule has 2 aliphatic heterocycles. The summed E-state index contributed by atoms with van der Waals surface area (Å²) in [4.78, 5) is 17.9. The lowest BCUT2D eigenvalue weighted by molar-refractivity contribution is 0.0113. The predicted molar refractivity (Wildman–Crippen MR) is 101 cm³/mol. The van der Waals surface area contributed by atoms with Crippen LogP contribution in [-0.4, -0.2) is 57.6 Å². The lowest BCUT2D eigenvalue weighted by Gasteiger charge is -2.50. The summed E-state index contributed by atoms with van der Waals surface area (Å²) in [5.74, 6) is -0.342. The maximum absolute atomic E-state index is 14.1. The second-order valence-corrected chi connectivity index (χ2v) is 8.60. The summed E-state index contributed by atoms with van der Waals surface area (Å²) in [6.07, 6.45) is 4.62.